The van der Waals surface area contributed by atoms with Gasteiger partial charge in [-0.05, 0) is 30.7 Å². The zero-order valence-corrected chi connectivity index (χ0v) is 16.1. The van der Waals surface area contributed by atoms with Gasteiger partial charge in [0, 0.05) is 37.3 Å². The number of piperazine rings is 1. The number of carbonyl (C=O) groups is 2. The Morgan fingerprint density at radius 1 is 0.962 bits per heavy atom. The highest BCUT2D eigenvalue weighted by atomic mass is 32.2. The first-order valence-corrected chi connectivity index (χ1v) is 11.0. The van der Waals surface area contributed by atoms with Gasteiger partial charge in [-0.15, -0.1) is 11.8 Å². The Balaban J connectivity index is 1.21. The Bertz CT molecular complexity index is 637. The quantitative estimate of drug-likeness (QED) is 0.797. The molecule has 0 radical (unpaired) electrons. The van der Waals surface area contributed by atoms with E-state index >= 15 is 0 Å². The number of nitrogens with zero attached hydrogens (tertiary/aromatic N) is 2. The SMILES string of the molecule is O=C(CSC1CCCC1)N1CCN(C(=O)[C@H]2C[C@@H]2c2ccccc2)CC1. The summed E-state index contributed by atoms with van der Waals surface area (Å²) in [4.78, 5) is 29.1. The number of carbonyl (C=O) groups excluding carboxylic acids is 2. The Kier molecular flexibility index (Phi) is 5.53. The average Bonchev–Trinajstić information content (AvgIpc) is 3.33. The Morgan fingerprint density at radius 3 is 2.31 bits per heavy atom. The molecule has 2 aliphatic carbocycles. The van der Waals surface area contributed by atoms with Gasteiger partial charge in [0.15, 0.2) is 0 Å². The molecule has 4 rings (SSSR count). The van der Waals surface area contributed by atoms with Gasteiger partial charge >= 0.3 is 0 Å². The Morgan fingerprint density at radius 2 is 1.62 bits per heavy atom. The van der Waals surface area contributed by atoms with Crippen molar-refractivity contribution >= 4 is 23.6 Å². The van der Waals surface area contributed by atoms with Crippen molar-refractivity contribution in [3.8, 4) is 0 Å². The van der Waals surface area contributed by atoms with Crippen LogP contribution in [0.4, 0.5) is 0 Å². The van der Waals surface area contributed by atoms with Gasteiger partial charge in [-0.25, -0.2) is 0 Å². The van der Waals surface area contributed by atoms with Gasteiger partial charge in [-0.1, -0.05) is 43.2 Å². The first-order valence-electron chi connectivity index (χ1n) is 9.95. The van der Waals surface area contributed by atoms with Crippen LogP contribution >= 0.6 is 11.8 Å². The molecule has 1 aromatic carbocycles. The molecule has 2 saturated carbocycles. The maximum absolute atomic E-state index is 12.7. The number of benzene rings is 1. The minimum Gasteiger partial charge on any atom is -0.339 e. The molecule has 2 amide bonds. The molecule has 0 unspecified atom stereocenters. The summed E-state index contributed by atoms with van der Waals surface area (Å²) in [6.45, 7) is 2.77. The van der Waals surface area contributed by atoms with E-state index in [9.17, 15) is 9.59 Å². The lowest BCUT2D eigenvalue weighted by atomic mass is 10.1. The first-order chi connectivity index (χ1) is 12.7. The van der Waals surface area contributed by atoms with Crippen LogP contribution in [0.1, 0.15) is 43.6 Å². The van der Waals surface area contributed by atoms with E-state index < -0.39 is 0 Å². The fraction of sp³-hybridized carbons (Fsp3) is 0.619. The molecule has 2 atom stereocenters. The molecule has 3 fully saturated rings. The van der Waals surface area contributed by atoms with E-state index in [1.54, 1.807) is 0 Å². The standard InChI is InChI=1S/C21H28N2O2S/c24-20(15-26-17-8-4-5-9-17)22-10-12-23(13-11-22)21(25)19-14-18(19)16-6-2-1-3-7-16/h1-3,6-7,17-19H,4-5,8-15H2/t18-,19+/m1/s1. The van der Waals surface area contributed by atoms with Gasteiger partial charge in [0.1, 0.15) is 0 Å². The van der Waals surface area contributed by atoms with Gasteiger partial charge in [0.05, 0.1) is 5.75 Å². The summed E-state index contributed by atoms with van der Waals surface area (Å²) in [6, 6.07) is 10.4. The van der Waals surface area contributed by atoms with Crippen LogP contribution in [-0.2, 0) is 9.59 Å². The minimum atomic E-state index is 0.151. The smallest absolute Gasteiger partial charge is 0.232 e. The summed E-state index contributed by atoms with van der Waals surface area (Å²) in [5.41, 5.74) is 1.28. The van der Waals surface area contributed by atoms with Crippen molar-refractivity contribution in [2.24, 2.45) is 5.92 Å². The third-order valence-corrected chi connectivity index (χ3v) is 7.38. The number of rotatable bonds is 5. The molecule has 0 aromatic heterocycles. The molecular weight excluding hydrogens is 344 g/mol. The highest BCUT2D eigenvalue weighted by molar-refractivity contribution is 8.00. The molecule has 5 heteroatoms. The van der Waals surface area contributed by atoms with Crippen molar-refractivity contribution in [1.82, 2.24) is 9.80 Å². The normalized spacial score (nSPS) is 26.2. The monoisotopic (exact) mass is 372 g/mol. The van der Waals surface area contributed by atoms with E-state index in [0.717, 1.165) is 6.42 Å². The summed E-state index contributed by atoms with van der Waals surface area (Å²) in [7, 11) is 0. The second-order valence-electron chi connectivity index (χ2n) is 7.78. The van der Waals surface area contributed by atoms with E-state index in [0.29, 0.717) is 43.1 Å². The summed E-state index contributed by atoms with van der Waals surface area (Å²) >= 11 is 1.83. The molecule has 1 aromatic rings. The van der Waals surface area contributed by atoms with Gasteiger partial charge in [0.25, 0.3) is 0 Å². The van der Waals surface area contributed by atoms with Crippen LogP contribution < -0.4 is 0 Å². The van der Waals surface area contributed by atoms with Gasteiger partial charge < -0.3 is 9.80 Å². The van der Waals surface area contributed by atoms with Crippen LogP contribution in [-0.4, -0.2) is 58.8 Å². The van der Waals surface area contributed by atoms with Crippen LogP contribution in [0.2, 0.25) is 0 Å². The highest BCUT2D eigenvalue weighted by Gasteiger charge is 2.46. The molecule has 1 aliphatic heterocycles. The summed E-state index contributed by atoms with van der Waals surface area (Å²) < 4.78 is 0. The first kappa shape index (κ1) is 17.9. The number of thioether (sulfide) groups is 1. The molecule has 4 nitrogen and oxygen atoms in total. The molecule has 0 spiro atoms. The van der Waals surface area contributed by atoms with E-state index in [1.807, 2.05) is 39.8 Å². The van der Waals surface area contributed by atoms with Crippen molar-refractivity contribution in [3.63, 3.8) is 0 Å². The fourth-order valence-electron chi connectivity index (χ4n) is 4.28. The van der Waals surface area contributed by atoms with Crippen LogP contribution in [0.3, 0.4) is 0 Å². The third-order valence-electron chi connectivity index (χ3n) is 6.02. The molecule has 3 aliphatic rings. The molecule has 26 heavy (non-hydrogen) atoms. The van der Waals surface area contributed by atoms with Crippen molar-refractivity contribution < 1.29 is 9.59 Å². The van der Waals surface area contributed by atoms with E-state index in [1.165, 1.54) is 31.2 Å². The predicted molar refractivity (Wildman–Crippen MR) is 105 cm³/mol. The summed E-state index contributed by atoms with van der Waals surface area (Å²) in [5.74, 6) is 1.69. The number of amides is 2. The minimum absolute atomic E-state index is 0.151. The van der Waals surface area contributed by atoms with Crippen molar-refractivity contribution in [3.05, 3.63) is 35.9 Å². The number of hydrogen-bond donors (Lipinski definition) is 0. The molecule has 0 N–H and O–H groups in total. The number of hydrogen-bond acceptors (Lipinski definition) is 3. The Hall–Kier alpha value is -1.49. The molecular formula is C21H28N2O2S. The zero-order valence-electron chi connectivity index (χ0n) is 15.3. The molecule has 140 valence electrons. The van der Waals surface area contributed by atoms with Crippen LogP contribution in [0.25, 0.3) is 0 Å². The second-order valence-corrected chi connectivity index (χ2v) is 9.07. The lowest BCUT2D eigenvalue weighted by Crippen LogP contribution is -2.51. The molecule has 1 saturated heterocycles. The van der Waals surface area contributed by atoms with Gasteiger partial charge in [-0.3, -0.25) is 9.59 Å². The van der Waals surface area contributed by atoms with Crippen molar-refractivity contribution in [2.75, 3.05) is 31.9 Å². The zero-order chi connectivity index (χ0) is 17.9. The average molecular weight is 373 g/mol. The maximum Gasteiger partial charge on any atom is 0.232 e. The van der Waals surface area contributed by atoms with Crippen LogP contribution in [0.5, 0.6) is 0 Å². The van der Waals surface area contributed by atoms with Crippen LogP contribution in [0.15, 0.2) is 30.3 Å². The third kappa shape index (κ3) is 4.08. The van der Waals surface area contributed by atoms with E-state index in [4.69, 9.17) is 0 Å². The summed E-state index contributed by atoms with van der Waals surface area (Å²) in [5, 5.41) is 0.687. The lowest BCUT2D eigenvalue weighted by molar-refractivity contribution is -0.139. The van der Waals surface area contributed by atoms with Gasteiger partial charge in [-0.2, -0.15) is 0 Å². The molecule has 1 heterocycles. The van der Waals surface area contributed by atoms with E-state index in [-0.39, 0.29) is 17.7 Å². The fourth-order valence-corrected chi connectivity index (χ4v) is 5.51. The largest absolute Gasteiger partial charge is 0.339 e. The molecule has 0 bridgehead atoms. The van der Waals surface area contributed by atoms with E-state index in [2.05, 4.69) is 12.1 Å². The maximum atomic E-state index is 12.7. The second kappa shape index (κ2) is 8.03. The van der Waals surface area contributed by atoms with Crippen molar-refractivity contribution in [1.29, 1.82) is 0 Å². The predicted octanol–water partition coefficient (Wildman–Crippen LogP) is 3.14. The lowest BCUT2D eigenvalue weighted by Gasteiger charge is -2.35. The Labute approximate surface area is 160 Å². The topological polar surface area (TPSA) is 40.6 Å². The highest BCUT2D eigenvalue weighted by Crippen LogP contribution is 2.48. The van der Waals surface area contributed by atoms with Crippen molar-refractivity contribution in [2.45, 2.75) is 43.3 Å². The summed E-state index contributed by atoms with van der Waals surface area (Å²) in [6.07, 6.45) is 6.14. The van der Waals surface area contributed by atoms with Crippen LogP contribution in [0, 0.1) is 5.92 Å². The van der Waals surface area contributed by atoms with Gasteiger partial charge in [0.2, 0.25) is 11.8 Å².